The molecule has 3 nitrogen and oxygen atoms in total. The average molecular weight is 208 g/mol. The molecule has 2 N–H and O–H groups in total. The molecule has 14 heavy (non-hydrogen) atoms. The average Bonchev–Trinajstić information content (AvgIpc) is 2.15. The van der Waals surface area contributed by atoms with Gasteiger partial charge in [-0.15, -0.1) is 0 Å². The molecule has 74 valence electrons. The van der Waals surface area contributed by atoms with Crippen molar-refractivity contribution in [3.8, 4) is 0 Å². The molecule has 0 saturated carbocycles. The minimum absolute atomic E-state index is 0.130. The Labute approximate surface area is 87.4 Å². The lowest BCUT2D eigenvalue weighted by Crippen LogP contribution is -1.88. The highest BCUT2D eigenvalue weighted by molar-refractivity contribution is 8.13. The van der Waals surface area contributed by atoms with Crippen molar-refractivity contribution in [1.29, 1.82) is 0 Å². The summed E-state index contributed by atoms with van der Waals surface area (Å²) in [5, 5.41) is 0.130. The van der Waals surface area contributed by atoms with Crippen molar-refractivity contribution in [1.82, 2.24) is 4.98 Å². The molecular formula is C10H12N2OS. The molecule has 1 aromatic heterocycles. The van der Waals surface area contributed by atoms with Crippen molar-refractivity contribution in [2.24, 2.45) is 0 Å². The monoisotopic (exact) mass is 208 g/mol. The predicted octanol–water partition coefficient (Wildman–Crippen LogP) is 1.96. The largest absolute Gasteiger partial charge is 0.384 e. The summed E-state index contributed by atoms with van der Waals surface area (Å²) < 4.78 is 0. The van der Waals surface area contributed by atoms with Gasteiger partial charge in [0.25, 0.3) is 0 Å². The van der Waals surface area contributed by atoms with Gasteiger partial charge in [-0.3, -0.25) is 4.79 Å². The van der Waals surface area contributed by atoms with Gasteiger partial charge in [0.2, 0.25) is 0 Å². The van der Waals surface area contributed by atoms with Gasteiger partial charge in [0.05, 0.1) is 0 Å². The van der Waals surface area contributed by atoms with E-state index in [-0.39, 0.29) is 5.12 Å². The fraction of sp³-hybridized carbons (Fsp3) is 0.200. The second kappa shape index (κ2) is 5.44. The Hall–Kier alpha value is -1.29. The summed E-state index contributed by atoms with van der Waals surface area (Å²) in [4.78, 5) is 14.5. The maximum Gasteiger partial charge on any atom is 0.186 e. The molecule has 0 saturated heterocycles. The zero-order chi connectivity index (χ0) is 10.4. The van der Waals surface area contributed by atoms with Crippen LogP contribution in [0.15, 0.2) is 24.4 Å². The minimum atomic E-state index is 0.130. The second-order valence-corrected chi connectivity index (χ2v) is 3.92. The Bertz CT molecular complexity index is 332. The molecular weight excluding hydrogens is 196 g/mol. The van der Waals surface area contributed by atoms with Crippen molar-refractivity contribution in [3.63, 3.8) is 0 Å². The maximum absolute atomic E-state index is 10.6. The number of carbonyl (C=O) groups excluding carboxylic acids is 1. The van der Waals surface area contributed by atoms with Crippen LogP contribution in [0.5, 0.6) is 0 Å². The number of thioether (sulfide) groups is 1. The van der Waals surface area contributed by atoms with Crippen LogP contribution in [0.2, 0.25) is 0 Å². The van der Waals surface area contributed by atoms with Gasteiger partial charge >= 0.3 is 0 Å². The van der Waals surface area contributed by atoms with E-state index in [9.17, 15) is 4.79 Å². The zero-order valence-electron chi connectivity index (χ0n) is 7.93. The van der Waals surface area contributed by atoms with Crippen molar-refractivity contribution in [2.75, 3.05) is 11.5 Å². The Kier molecular flexibility index (Phi) is 4.19. The van der Waals surface area contributed by atoms with Crippen LogP contribution in [0.3, 0.4) is 0 Å². The van der Waals surface area contributed by atoms with E-state index < -0.39 is 0 Å². The minimum Gasteiger partial charge on any atom is -0.384 e. The molecule has 1 aromatic rings. The molecule has 0 bridgehead atoms. The number of nitrogens with zero attached hydrogens (tertiary/aromatic N) is 1. The van der Waals surface area contributed by atoms with Crippen molar-refractivity contribution in [3.05, 3.63) is 30.0 Å². The lowest BCUT2D eigenvalue weighted by atomic mass is 10.2. The Balaban J connectivity index is 2.44. The van der Waals surface area contributed by atoms with Crippen LogP contribution in [0.4, 0.5) is 5.82 Å². The van der Waals surface area contributed by atoms with E-state index in [0.29, 0.717) is 11.6 Å². The quantitative estimate of drug-likeness (QED) is 0.825. The molecule has 0 atom stereocenters. The lowest BCUT2D eigenvalue weighted by molar-refractivity contribution is -0.109. The lowest BCUT2D eigenvalue weighted by Gasteiger charge is -1.93. The van der Waals surface area contributed by atoms with Gasteiger partial charge in [-0.1, -0.05) is 23.9 Å². The van der Waals surface area contributed by atoms with Crippen molar-refractivity contribution < 1.29 is 4.79 Å². The highest BCUT2D eigenvalue weighted by atomic mass is 32.2. The molecule has 0 aliphatic rings. The number of anilines is 1. The van der Waals surface area contributed by atoms with Crippen molar-refractivity contribution >= 4 is 28.8 Å². The van der Waals surface area contributed by atoms with E-state index in [2.05, 4.69) is 4.98 Å². The first-order chi connectivity index (χ1) is 6.68. The SMILES string of the molecule is CC(=O)SCC=Cc1ccc(N)nc1. The molecule has 0 amide bonds. The van der Waals surface area contributed by atoms with Gasteiger partial charge in [0, 0.05) is 18.9 Å². The number of aromatic nitrogens is 1. The Morgan fingerprint density at radius 1 is 1.64 bits per heavy atom. The summed E-state index contributed by atoms with van der Waals surface area (Å²) in [6.45, 7) is 1.56. The summed E-state index contributed by atoms with van der Waals surface area (Å²) in [6, 6.07) is 3.63. The molecule has 4 heteroatoms. The molecule has 0 aliphatic heterocycles. The van der Waals surface area contributed by atoms with Crippen LogP contribution >= 0.6 is 11.8 Å². The summed E-state index contributed by atoms with van der Waals surface area (Å²) in [6.07, 6.45) is 5.55. The normalized spacial score (nSPS) is 10.6. The number of hydrogen-bond donors (Lipinski definition) is 1. The number of hydrogen-bond acceptors (Lipinski definition) is 4. The molecule has 1 heterocycles. The van der Waals surface area contributed by atoms with Crippen LogP contribution in [0, 0.1) is 0 Å². The summed E-state index contributed by atoms with van der Waals surface area (Å²) >= 11 is 1.28. The molecule has 0 aromatic carbocycles. The first-order valence-corrected chi connectivity index (χ1v) is 5.18. The molecule has 0 spiro atoms. The molecule has 0 aliphatic carbocycles. The van der Waals surface area contributed by atoms with Crippen molar-refractivity contribution in [2.45, 2.75) is 6.92 Å². The first kappa shape index (κ1) is 10.8. The molecule has 0 fully saturated rings. The number of pyridine rings is 1. The third-order valence-electron chi connectivity index (χ3n) is 1.50. The third-order valence-corrected chi connectivity index (χ3v) is 2.27. The Morgan fingerprint density at radius 3 is 3.00 bits per heavy atom. The third kappa shape index (κ3) is 4.09. The topological polar surface area (TPSA) is 56.0 Å². The van der Waals surface area contributed by atoms with E-state index in [4.69, 9.17) is 5.73 Å². The molecule has 0 radical (unpaired) electrons. The predicted molar refractivity (Wildman–Crippen MR) is 60.8 cm³/mol. The number of rotatable bonds is 3. The van der Waals surface area contributed by atoms with E-state index in [0.717, 1.165) is 5.56 Å². The van der Waals surface area contributed by atoms with Gasteiger partial charge in [-0.2, -0.15) is 0 Å². The second-order valence-electron chi connectivity index (χ2n) is 2.72. The Morgan fingerprint density at radius 2 is 2.43 bits per heavy atom. The highest BCUT2D eigenvalue weighted by Crippen LogP contribution is 2.06. The maximum atomic E-state index is 10.6. The first-order valence-electron chi connectivity index (χ1n) is 4.20. The highest BCUT2D eigenvalue weighted by Gasteiger charge is 1.90. The molecule has 0 unspecified atom stereocenters. The van der Waals surface area contributed by atoms with Gasteiger partial charge < -0.3 is 5.73 Å². The van der Waals surface area contributed by atoms with Gasteiger partial charge in [0.15, 0.2) is 5.12 Å². The number of nitrogens with two attached hydrogens (primary N) is 1. The summed E-state index contributed by atoms with van der Waals surface area (Å²) in [7, 11) is 0. The van der Waals surface area contributed by atoms with E-state index in [1.807, 2.05) is 18.2 Å². The van der Waals surface area contributed by atoms with E-state index >= 15 is 0 Å². The smallest absolute Gasteiger partial charge is 0.186 e. The number of nitrogen functional groups attached to an aromatic ring is 1. The zero-order valence-corrected chi connectivity index (χ0v) is 8.75. The molecule has 1 rings (SSSR count). The summed E-state index contributed by atoms with van der Waals surface area (Å²) in [5.74, 6) is 1.21. The van der Waals surface area contributed by atoms with Crippen LogP contribution in [-0.4, -0.2) is 15.9 Å². The number of carbonyl (C=O) groups is 1. The van der Waals surface area contributed by atoms with Crippen LogP contribution in [0.25, 0.3) is 6.08 Å². The van der Waals surface area contributed by atoms with Gasteiger partial charge in [0.1, 0.15) is 5.82 Å². The van der Waals surface area contributed by atoms with Gasteiger partial charge in [-0.25, -0.2) is 4.98 Å². The van der Waals surface area contributed by atoms with Crippen LogP contribution in [0.1, 0.15) is 12.5 Å². The standard InChI is InChI=1S/C10H12N2OS/c1-8(13)14-6-2-3-9-4-5-10(11)12-7-9/h2-5,7H,6H2,1H3,(H2,11,12). The van der Waals surface area contributed by atoms with Crippen LogP contribution in [-0.2, 0) is 4.79 Å². The van der Waals surface area contributed by atoms with E-state index in [1.165, 1.54) is 11.8 Å². The fourth-order valence-electron chi connectivity index (χ4n) is 0.865. The van der Waals surface area contributed by atoms with Crippen LogP contribution < -0.4 is 5.73 Å². The van der Waals surface area contributed by atoms with E-state index in [1.54, 1.807) is 19.2 Å². The van der Waals surface area contributed by atoms with Gasteiger partial charge in [-0.05, 0) is 17.7 Å². The summed E-state index contributed by atoms with van der Waals surface area (Å²) in [5.41, 5.74) is 6.43. The fourth-order valence-corrected chi connectivity index (χ4v) is 1.29.